The Hall–Kier alpha value is -3.08. The van der Waals surface area contributed by atoms with Crippen molar-refractivity contribution in [3.05, 3.63) is 64.8 Å². The molecule has 0 saturated heterocycles. The molecule has 31 heavy (non-hydrogen) atoms. The van der Waals surface area contributed by atoms with E-state index in [-0.39, 0.29) is 24.8 Å². The fraction of sp³-hybridized carbons (Fsp3) is 0.385. The van der Waals surface area contributed by atoms with Gasteiger partial charge in [-0.25, -0.2) is 4.79 Å². The summed E-state index contributed by atoms with van der Waals surface area (Å²) in [5.74, 6) is 1.62. The monoisotopic (exact) mass is 417 g/mol. The summed E-state index contributed by atoms with van der Waals surface area (Å²) in [5, 5.41) is 0.867. The normalized spacial score (nSPS) is 17.5. The van der Waals surface area contributed by atoms with Gasteiger partial charge in [-0.15, -0.1) is 0 Å². The Balaban J connectivity index is 1.48. The largest absolute Gasteiger partial charge is 0.457 e. The summed E-state index contributed by atoms with van der Waals surface area (Å²) in [4.78, 5) is 18.3. The highest BCUT2D eigenvalue weighted by atomic mass is 16.7. The molecule has 1 atom stereocenters. The number of ether oxygens (including phenoxy) is 3. The second-order valence-electron chi connectivity index (χ2n) is 9.50. The molecule has 0 amide bonds. The first kappa shape index (κ1) is 19.9. The number of carbonyl (C=O) groups excluding carboxylic acids is 1. The van der Waals surface area contributed by atoms with Crippen molar-refractivity contribution in [2.24, 2.45) is 11.3 Å². The molecule has 3 aromatic rings. The summed E-state index contributed by atoms with van der Waals surface area (Å²) in [5.41, 5.74) is 4.67. The molecule has 5 rings (SSSR count). The molecular formula is C26H27NO4. The van der Waals surface area contributed by atoms with Crippen LogP contribution in [0.5, 0.6) is 11.5 Å². The van der Waals surface area contributed by atoms with Crippen LogP contribution in [0.1, 0.15) is 54.4 Å². The Morgan fingerprint density at radius 2 is 1.94 bits per heavy atom. The quantitative estimate of drug-likeness (QED) is 0.529. The first-order valence-corrected chi connectivity index (χ1v) is 10.9. The highest BCUT2D eigenvalue weighted by Crippen LogP contribution is 2.40. The Morgan fingerprint density at radius 1 is 1.13 bits per heavy atom. The van der Waals surface area contributed by atoms with E-state index >= 15 is 0 Å². The number of aryl methyl sites for hydroxylation is 1. The molecule has 1 aliphatic carbocycles. The van der Waals surface area contributed by atoms with Crippen LogP contribution in [-0.2, 0) is 24.2 Å². The van der Waals surface area contributed by atoms with E-state index < -0.39 is 0 Å². The van der Waals surface area contributed by atoms with Gasteiger partial charge < -0.3 is 14.2 Å². The number of benzene rings is 2. The highest BCUT2D eigenvalue weighted by Gasteiger charge is 2.33. The van der Waals surface area contributed by atoms with Crippen molar-refractivity contribution in [2.75, 3.05) is 6.79 Å². The van der Waals surface area contributed by atoms with Crippen molar-refractivity contribution in [2.45, 2.75) is 46.6 Å². The summed E-state index contributed by atoms with van der Waals surface area (Å²) in [7, 11) is 0. The Kier molecular flexibility index (Phi) is 4.84. The summed E-state index contributed by atoms with van der Waals surface area (Å²) >= 11 is 0. The molecule has 0 fully saturated rings. The van der Waals surface area contributed by atoms with Crippen LogP contribution in [0.3, 0.4) is 0 Å². The fourth-order valence-electron chi connectivity index (χ4n) is 4.61. The maximum Gasteiger partial charge on any atom is 0.339 e. The van der Waals surface area contributed by atoms with Crippen LogP contribution in [0.25, 0.3) is 10.9 Å². The van der Waals surface area contributed by atoms with Gasteiger partial charge in [0.05, 0.1) is 11.1 Å². The lowest BCUT2D eigenvalue weighted by atomic mass is 9.70. The Bertz CT molecular complexity index is 1160. The molecule has 0 radical (unpaired) electrons. The predicted octanol–water partition coefficient (Wildman–Crippen LogP) is 5.47. The molecule has 5 heteroatoms. The minimum atomic E-state index is -0.290. The van der Waals surface area contributed by atoms with Gasteiger partial charge in [-0.3, -0.25) is 4.98 Å². The van der Waals surface area contributed by atoms with Crippen LogP contribution in [0.2, 0.25) is 0 Å². The third-order valence-corrected chi connectivity index (χ3v) is 6.49. The van der Waals surface area contributed by atoms with E-state index in [1.807, 2.05) is 42.5 Å². The number of hydrogen-bond donors (Lipinski definition) is 0. The SMILES string of the molecule is CC(C)(C)[C@H]1CCc2nc3ccccc3c(C(=O)OCc3ccc4c(c3)OCO4)c2C1. The van der Waals surface area contributed by atoms with Crippen molar-refractivity contribution in [1.82, 2.24) is 4.98 Å². The van der Waals surface area contributed by atoms with E-state index in [0.29, 0.717) is 17.2 Å². The number of aromatic nitrogens is 1. The molecule has 160 valence electrons. The minimum absolute atomic E-state index is 0.178. The van der Waals surface area contributed by atoms with E-state index in [1.165, 1.54) is 0 Å². The molecule has 2 heterocycles. The van der Waals surface area contributed by atoms with E-state index in [2.05, 4.69) is 20.8 Å². The maximum atomic E-state index is 13.4. The van der Waals surface area contributed by atoms with Crippen molar-refractivity contribution >= 4 is 16.9 Å². The van der Waals surface area contributed by atoms with Crippen LogP contribution in [0.15, 0.2) is 42.5 Å². The number of esters is 1. The fourth-order valence-corrected chi connectivity index (χ4v) is 4.61. The first-order valence-electron chi connectivity index (χ1n) is 10.9. The molecule has 2 aliphatic rings. The van der Waals surface area contributed by atoms with Gasteiger partial charge >= 0.3 is 5.97 Å². The third kappa shape index (κ3) is 3.73. The van der Waals surface area contributed by atoms with E-state index in [4.69, 9.17) is 19.2 Å². The van der Waals surface area contributed by atoms with Gasteiger partial charge in [-0.2, -0.15) is 0 Å². The number of rotatable bonds is 3. The van der Waals surface area contributed by atoms with Gasteiger partial charge in [0.2, 0.25) is 6.79 Å². The smallest absolute Gasteiger partial charge is 0.339 e. The molecule has 0 spiro atoms. The van der Waals surface area contributed by atoms with Crippen molar-refractivity contribution in [1.29, 1.82) is 0 Å². The average molecular weight is 418 g/mol. The van der Waals surface area contributed by atoms with E-state index in [0.717, 1.165) is 52.7 Å². The van der Waals surface area contributed by atoms with Crippen molar-refractivity contribution < 1.29 is 19.0 Å². The summed E-state index contributed by atoms with van der Waals surface area (Å²) in [6.07, 6.45) is 2.84. The van der Waals surface area contributed by atoms with Crippen LogP contribution in [0, 0.1) is 11.3 Å². The van der Waals surface area contributed by atoms with Gasteiger partial charge in [-0.05, 0) is 59.9 Å². The molecule has 2 aromatic carbocycles. The molecule has 5 nitrogen and oxygen atoms in total. The zero-order valence-electron chi connectivity index (χ0n) is 18.2. The van der Waals surface area contributed by atoms with E-state index in [9.17, 15) is 4.79 Å². The molecule has 0 saturated carbocycles. The van der Waals surface area contributed by atoms with Gasteiger partial charge in [0, 0.05) is 11.1 Å². The van der Waals surface area contributed by atoms with Crippen LogP contribution >= 0.6 is 0 Å². The Morgan fingerprint density at radius 3 is 2.77 bits per heavy atom. The first-order chi connectivity index (χ1) is 14.9. The highest BCUT2D eigenvalue weighted by molar-refractivity contribution is 6.05. The number of carbonyl (C=O) groups is 1. The summed E-state index contributed by atoms with van der Waals surface area (Å²) in [6, 6.07) is 13.5. The van der Waals surface area contributed by atoms with E-state index in [1.54, 1.807) is 0 Å². The molecule has 1 aromatic heterocycles. The van der Waals surface area contributed by atoms with Crippen molar-refractivity contribution in [3.63, 3.8) is 0 Å². The lowest BCUT2D eigenvalue weighted by molar-refractivity contribution is 0.0471. The molecule has 0 N–H and O–H groups in total. The molecule has 0 bridgehead atoms. The van der Waals surface area contributed by atoms with Gasteiger partial charge in [0.25, 0.3) is 0 Å². The second-order valence-corrected chi connectivity index (χ2v) is 9.50. The van der Waals surface area contributed by atoms with Crippen LogP contribution < -0.4 is 9.47 Å². The summed E-state index contributed by atoms with van der Waals surface area (Å²) in [6.45, 7) is 7.23. The van der Waals surface area contributed by atoms with Crippen LogP contribution in [0.4, 0.5) is 0 Å². The Labute approximate surface area is 182 Å². The minimum Gasteiger partial charge on any atom is -0.457 e. The van der Waals surface area contributed by atoms with Gasteiger partial charge in [0.1, 0.15) is 6.61 Å². The summed E-state index contributed by atoms with van der Waals surface area (Å²) < 4.78 is 16.6. The topological polar surface area (TPSA) is 57.7 Å². The third-order valence-electron chi connectivity index (χ3n) is 6.49. The molecule has 1 aliphatic heterocycles. The lowest BCUT2D eigenvalue weighted by Crippen LogP contribution is -2.29. The number of fused-ring (bicyclic) bond motifs is 3. The second kappa shape index (κ2) is 7.56. The number of hydrogen-bond acceptors (Lipinski definition) is 5. The lowest BCUT2D eigenvalue weighted by Gasteiger charge is -2.35. The molecule has 0 unspecified atom stereocenters. The average Bonchev–Trinajstić information content (AvgIpc) is 3.22. The van der Waals surface area contributed by atoms with Crippen molar-refractivity contribution in [3.8, 4) is 11.5 Å². The van der Waals surface area contributed by atoms with Crippen LogP contribution in [-0.4, -0.2) is 17.7 Å². The molecular weight excluding hydrogens is 390 g/mol. The van der Waals surface area contributed by atoms with Gasteiger partial charge in [0.15, 0.2) is 11.5 Å². The zero-order valence-corrected chi connectivity index (χ0v) is 18.2. The number of nitrogens with zero attached hydrogens (tertiary/aromatic N) is 1. The standard InChI is InChI=1S/C26H27NO4/c1-26(2,3)17-9-10-21-19(13-17)24(18-6-4-5-7-20(18)27-21)25(28)29-14-16-8-11-22-23(12-16)31-15-30-22/h4-8,11-12,17H,9-10,13-15H2,1-3H3/t17-/m0/s1. The zero-order chi connectivity index (χ0) is 21.6. The van der Waals surface area contributed by atoms with Gasteiger partial charge in [-0.1, -0.05) is 45.0 Å². The number of pyridine rings is 1. The maximum absolute atomic E-state index is 13.4. The number of para-hydroxylation sites is 1. The predicted molar refractivity (Wildman–Crippen MR) is 118 cm³/mol.